The standard InChI is InChI=1S/C14H23N3O2S/c1-4-15-14-8-6-12(9-16-14)20(18,19)17-13-7-5-10(2)11(13)3/h6,8-11,13,17H,4-5,7H2,1-3H3,(H,15,16). The Bertz CT molecular complexity index is 542. The molecule has 0 amide bonds. The van der Waals surface area contributed by atoms with Crippen LogP contribution in [0.25, 0.3) is 0 Å². The maximum Gasteiger partial charge on any atom is 0.242 e. The van der Waals surface area contributed by atoms with Crippen molar-refractivity contribution in [3.63, 3.8) is 0 Å². The Morgan fingerprint density at radius 2 is 2.05 bits per heavy atom. The van der Waals surface area contributed by atoms with E-state index in [2.05, 4.69) is 28.9 Å². The van der Waals surface area contributed by atoms with E-state index < -0.39 is 10.0 Å². The molecule has 0 saturated heterocycles. The van der Waals surface area contributed by atoms with Gasteiger partial charge in [-0.2, -0.15) is 0 Å². The largest absolute Gasteiger partial charge is 0.370 e. The molecule has 0 spiro atoms. The minimum absolute atomic E-state index is 0.0310. The number of anilines is 1. The van der Waals surface area contributed by atoms with Crippen LogP contribution in [-0.4, -0.2) is 26.0 Å². The van der Waals surface area contributed by atoms with E-state index >= 15 is 0 Å². The van der Waals surface area contributed by atoms with Crippen LogP contribution in [0, 0.1) is 11.8 Å². The molecule has 3 unspecified atom stereocenters. The molecule has 112 valence electrons. The molecule has 2 rings (SSSR count). The lowest BCUT2D eigenvalue weighted by atomic mass is 9.98. The van der Waals surface area contributed by atoms with Gasteiger partial charge < -0.3 is 5.32 Å². The number of hydrogen-bond donors (Lipinski definition) is 2. The molecule has 1 saturated carbocycles. The van der Waals surface area contributed by atoms with Crippen LogP contribution in [0.5, 0.6) is 0 Å². The van der Waals surface area contributed by atoms with E-state index in [-0.39, 0.29) is 10.9 Å². The summed E-state index contributed by atoms with van der Waals surface area (Å²) in [5.41, 5.74) is 0. The summed E-state index contributed by atoms with van der Waals surface area (Å²) in [5, 5.41) is 3.05. The lowest BCUT2D eigenvalue weighted by Gasteiger charge is -2.19. The molecule has 0 bridgehead atoms. The van der Waals surface area contributed by atoms with E-state index in [1.807, 2.05) is 6.92 Å². The molecule has 1 heterocycles. The number of rotatable bonds is 5. The van der Waals surface area contributed by atoms with Crippen molar-refractivity contribution in [2.75, 3.05) is 11.9 Å². The van der Waals surface area contributed by atoms with Crippen molar-refractivity contribution in [2.24, 2.45) is 11.8 Å². The molecule has 1 fully saturated rings. The summed E-state index contributed by atoms with van der Waals surface area (Å²) in [6, 6.07) is 3.32. The number of hydrogen-bond acceptors (Lipinski definition) is 4. The van der Waals surface area contributed by atoms with Gasteiger partial charge in [0.15, 0.2) is 0 Å². The Hall–Kier alpha value is -1.14. The molecule has 0 aromatic carbocycles. The van der Waals surface area contributed by atoms with Gasteiger partial charge in [-0.15, -0.1) is 0 Å². The summed E-state index contributed by atoms with van der Waals surface area (Å²) in [5.74, 6) is 1.63. The highest BCUT2D eigenvalue weighted by Gasteiger charge is 2.33. The molecule has 0 radical (unpaired) electrons. The number of nitrogens with zero attached hydrogens (tertiary/aromatic N) is 1. The van der Waals surface area contributed by atoms with Crippen LogP contribution in [-0.2, 0) is 10.0 Å². The Morgan fingerprint density at radius 3 is 2.55 bits per heavy atom. The Morgan fingerprint density at radius 1 is 1.30 bits per heavy atom. The van der Waals surface area contributed by atoms with E-state index in [0.717, 1.165) is 19.4 Å². The van der Waals surface area contributed by atoms with Crippen LogP contribution in [0.15, 0.2) is 23.2 Å². The molecule has 1 aromatic heterocycles. The first-order valence-corrected chi connectivity index (χ1v) is 8.64. The summed E-state index contributed by atoms with van der Waals surface area (Å²) in [6.07, 6.45) is 3.39. The fraction of sp³-hybridized carbons (Fsp3) is 0.643. The minimum atomic E-state index is -3.47. The molecular weight excluding hydrogens is 274 g/mol. The minimum Gasteiger partial charge on any atom is -0.370 e. The second kappa shape index (κ2) is 6.10. The summed E-state index contributed by atoms with van der Waals surface area (Å²) in [4.78, 5) is 4.34. The predicted molar refractivity (Wildman–Crippen MR) is 80.1 cm³/mol. The SMILES string of the molecule is CCNc1ccc(S(=O)(=O)NC2CCC(C)C2C)cn1. The number of aromatic nitrogens is 1. The zero-order chi connectivity index (χ0) is 14.8. The van der Waals surface area contributed by atoms with Crippen LogP contribution in [0.3, 0.4) is 0 Å². The molecular formula is C14H23N3O2S. The highest BCUT2D eigenvalue weighted by molar-refractivity contribution is 7.89. The number of pyridine rings is 1. The molecule has 6 heteroatoms. The van der Waals surface area contributed by atoms with Gasteiger partial charge in [-0.3, -0.25) is 0 Å². The monoisotopic (exact) mass is 297 g/mol. The summed E-state index contributed by atoms with van der Waals surface area (Å²) in [7, 11) is -3.47. The van der Waals surface area contributed by atoms with Gasteiger partial charge in [0, 0.05) is 18.8 Å². The van der Waals surface area contributed by atoms with Crippen molar-refractivity contribution >= 4 is 15.8 Å². The summed E-state index contributed by atoms with van der Waals surface area (Å²) in [6.45, 7) is 7.01. The molecule has 1 aliphatic carbocycles. The second-order valence-electron chi connectivity index (χ2n) is 5.55. The predicted octanol–water partition coefficient (Wildman–Crippen LogP) is 2.23. The van der Waals surface area contributed by atoms with Gasteiger partial charge >= 0.3 is 0 Å². The number of sulfonamides is 1. The topological polar surface area (TPSA) is 71.1 Å². The molecule has 3 atom stereocenters. The Labute approximate surface area is 121 Å². The average Bonchev–Trinajstić information content (AvgIpc) is 2.71. The van der Waals surface area contributed by atoms with Crippen LogP contribution >= 0.6 is 0 Å². The highest BCUT2D eigenvalue weighted by Crippen LogP contribution is 2.32. The molecule has 1 aromatic rings. The third-order valence-corrected chi connectivity index (χ3v) is 5.65. The lowest BCUT2D eigenvalue weighted by Crippen LogP contribution is -2.37. The van der Waals surface area contributed by atoms with E-state index in [1.165, 1.54) is 6.20 Å². The van der Waals surface area contributed by atoms with Crippen molar-refractivity contribution in [1.29, 1.82) is 0 Å². The summed E-state index contributed by atoms with van der Waals surface area (Å²) < 4.78 is 27.5. The molecule has 2 N–H and O–H groups in total. The van der Waals surface area contributed by atoms with Crippen molar-refractivity contribution in [2.45, 2.75) is 44.6 Å². The van der Waals surface area contributed by atoms with Gasteiger partial charge in [0.05, 0.1) is 0 Å². The highest BCUT2D eigenvalue weighted by atomic mass is 32.2. The normalized spacial score (nSPS) is 26.6. The van der Waals surface area contributed by atoms with E-state index in [0.29, 0.717) is 17.7 Å². The van der Waals surface area contributed by atoms with E-state index in [4.69, 9.17) is 0 Å². The average molecular weight is 297 g/mol. The van der Waals surface area contributed by atoms with Crippen molar-refractivity contribution in [3.05, 3.63) is 18.3 Å². The zero-order valence-electron chi connectivity index (χ0n) is 12.3. The summed E-state index contributed by atoms with van der Waals surface area (Å²) >= 11 is 0. The maximum absolute atomic E-state index is 12.3. The molecule has 5 nitrogen and oxygen atoms in total. The van der Waals surface area contributed by atoms with Gasteiger partial charge in [0.1, 0.15) is 10.7 Å². The van der Waals surface area contributed by atoms with Gasteiger partial charge in [0.2, 0.25) is 10.0 Å². The Kier molecular flexibility index (Phi) is 4.65. The Balaban J connectivity index is 2.10. The van der Waals surface area contributed by atoms with Crippen LogP contribution in [0.2, 0.25) is 0 Å². The third kappa shape index (κ3) is 3.30. The fourth-order valence-corrected chi connectivity index (χ4v) is 3.93. The number of nitrogens with one attached hydrogen (secondary N) is 2. The van der Waals surface area contributed by atoms with E-state index in [9.17, 15) is 8.42 Å². The second-order valence-corrected chi connectivity index (χ2v) is 7.26. The third-order valence-electron chi connectivity index (χ3n) is 4.18. The molecule has 1 aliphatic rings. The first-order valence-electron chi connectivity index (χ1n) is 7.16. The van der Waals surface area contributed by atoms with Crippen molar-refractivity contribution in [1.82, 2.24) is 9.71 Å². The van der Waals surface area contributed by atoms with Gasteiger partial charge in [0.25, 0.3) is 0 Å². The van der Waals surface area contributed by atoms with Gasteiger partial charge in [-0.25, -0.2) is 18.1 Å². The zero-order valence-corrected chi connectivity index (χ0v) is 13.1. The van der Waals surface area contributed by atoms with Crippen molar-refractivity contribution in [3.8, 4) is 0 Å². The lowest BCUT2D eigenvalue weighted by molar-refractivity contribution is 0.402. The van der Waals surface area contributed by atoms with Crippen molar-refractivity contribution < 1.29 is 8.42 Å². The fourth-order valence-electron chi connectivity index (χ4n) is 2.62. The van der Waals surface area contributed by atoms with Crippen LogP contribution in [0.4, 0.5) is 5.82 Å². The van der Waals surface area contributed by atoms with Crippen LogP contribution in [0.1, 0.15) is 33.6 Å². The maximum atomic E-state index is 12.3. The smallest absolute Gasteiger partial charge is 0.242 e. The van der Waals surface area contributed by atoms with E-state index in [1.54, 1.807) is 12.1 Å². The van der Waals surface area contributed by atoms with Gasteiger partial charge in [-0.1, -0.05) is 13.8 Å². The first-order chi connectivity index (χ1) is 9.44. The first kappa shape index (κ1) is 15.3. The quantitative estimate of drug-likeness (QED) is 0.874. The molecule has 0 aliphatic heterocycles. The molecule has 20 heavy (non-hydrogen) atoms. The van der Waals surface area contributed by atoms with Gasteiger partial charge in [-0.05, 0) is 43.7 Å². The van der Waals surface area contributed by atoms with Crippen LogP contribution < -0.4 is 10.0 Å².